The number of hydrogen-bond acceptors (Lipinski definition) is 6. The van der Waals surface area contributed by atoms with Crippen LogP contribution in [0.5, 0.6) is 11.5 Å². The Morgan fingerprint density at radius 2 is 1.96 bits per heavy atom. The molecule has 24 heavy (non-hydrogen) atoms. The molecule has 2 rings (SSSR count). The summed E-state index contributed by atoms with van der Waals surface area (Å²) in [4.78, 5) is 16.5. The van der Waals surface area contributed by atoms with Gasteiger partial charge in [0.15, 0.2) is 0 Å². The highest BCUT2D eigenvalue weighted by Crippen LogP contribution is 2.29. The highest BCUT2D eigenvalue weighted by atomic mass is 16.5. The molecule has 0 saturated heterocycles. The van der Waals surface area contributed by atoms with Crippen LogP contribution in [0.4, 0.5) is 11.4 Å². The van der Waals surface area contributed by atoms with Gasteiger partial charge >= 0.3 is 0 Å². The van der Waals surface area contributed by atoms with E-state index in [0.717, 1.165) is 5.69 Å². The first-order chi connectivity index (χ1) is 11.7. The molecule has 0 atom stereocenters. The molecule has 7 heteroatoms. The Bertz CT molecular complexity index is 674. The molecule has 0 saturated carbocycles. The van der Waals surface area contributed by atoms with Crippen molar-refractivity contribution in [1.82, 2.24) is 4.98 Å². The molecule has 1 aromatic carbocycles. The number of hydrogen-bond donors (Lipinski definition) is 2. The van der Waals surface area contributed by atoms with Crippen molar-refractivity contribution in [2.45, 2.75) is 0 Å². The fourth-order valence-corrected chi connectivity index (χ4v) is 2.03. The molecule has 0 unspecified atom stereocenters. The normalized spacial score (nSPS) is 10.1. The molecule has 1 heterocycles. The number of nitrogens with one attached hydrogen (secondary N) is 2. The average molecular weight is 331 g/mol. The molecule has 0 bridgehead atoms. The third kappa shape index (κ3) is 4.60. The number of aromatic nitrogens is 1. The molecule has 0 aliphatic rings. The number of ether oxygens (including phenoxy) is 3. The lowest BCUT2D eigenvalue weighted by atomic mass is 10.2. The molecule has 0 fully saturated rings. The SMILES string of the molecule is COCCNc1ccc(C(=O)Nc2cc(OC)ccc2OC)nc1. The summed E-state index contributed by atoms with van der Waals surface area (Å²) >= 11 is 0. The Balaban J connectivity index is 2.06. The molecule has 0 radical (unpaired) electrons. The van der Waals surface area contributed by atoms with E-state index in [2.05, 4.69) is 15.6 Å². The molecule has 1 amide bonds. The third-order valence-electron chi connectivity index (χ3n) is 3.29. The summed E-state index contributed by atoms with van der Waals surface area (Å²) in [5.74, 6) is 0.837. The van der Waals surface area contributed by atoms with E-state index in [4.69, 9.17) is 14.2 Å². The minimum atomic E-state index is -0.329. The molecule has 1 aromatic heterocycles. The van der Waals surface area contributed by atoms with E-state index in [1.165, 1.54) is 7.11 Å². The van der Waals surface area contributed by atoms with Crippen LogP contribution in [0.2, 0.25) is 0 Å². The molecular formula is C17H21N3O4. The van der Waals surface area contributed by atoms with Crippen LogP contribution in [0.3, 0.4) is 0 Å². The maximum Gasteiger partial charge on any atom is 0.274 e. The van der Waals surface area contributed by atoms with Gasteiger partial charge in [0.05, 0.1) is 38.4 Å². The number of methoxy groups -OCH3 is 3. The zero-order chi connectivity index (χ0) is 17.4. The Morgan fingerprint density at radius 1 is 1.12 bits per heavy atom. The van der Waals surface area contributed by atoms with Gasteiger partial charge in [0.2, 0.25) is 0 Å². The third-order valence-corrected chi connectivity index (χ3v) is 3.29. The summed E-state index contributed by atoms with van der Waals surface area (Å²) in [5.41, 5.74) is 1.64. The summed E-state index contributed by atoms with van der Waals surface area (Å²) in [6.45, 7) is 1.27. The topological polar surface area (TPSA) is 81.7 Å². The van der Waals surface area contributed by atoms with Crippen LogP contribution in [0, 0.1) is 0 Å². The van der Waals surface area contributed by atoms with Crippen molar-refractivity contribution in [3.63, 3.8) is 0 Å². The minimum Gasteiger partial charge on any atom is -0.497 e. The fourth-order valence-electron chi connectivity index (χ4n) is 2.03. The van der Waals surface area contributed by atoms with Gasteiger partial charge in [0, 0.05) is 19.7 Å². The summed E-state index contributed by atoms with van der Waals surface area (Å²) < 4.78 is 15.4. The summed E-state index contributed by atoms with van der Waals surface area (Å²) in [6.07, 6.45) is 1.60. The second kappa shape index (κ2) is 8.73. The van der Waals surface area contributed by atoms with Crippen molar-refractivity contribution < 1.29 is 19.0 Å². The second-order valence-electron chi connectivity index (χ2n) is 4.87. The van der Waals surface area contributed by atoms with Gasteiger partial charge in [-0.15, -0.1) is 0 Å². The smallest absolute Gasteiger partial charge is 0.274 e. The zero-order valence-corrected chi connectivity index (χ0v) is 14.0. The predicted molar refractivity (Wildman–Crippen MR) is 92.1 cm³/mol. The number of pyridine rings is 1. The number of benzene rings is 1. The first kappa shape index (κ1) is 17.6. The van der Waals surface area contributed by atoms with Gasteiger partial charge in [0.1, 0.15) is 17.2 Å². The van der Waals surface area contributed by atoms with Crippen LogP contribution in [0.25, 0.3) is 0 Å². The Labute approximate surface area is 140 Å². The van der Waals surface area contributed by atoms with Crippen LogP contribution in [0.15, 0.2) is 36.5 Å². The predicted octanol–water partition coefficient (Wildman–Crippen LogP) is 2.41. The van der Waals surface area contributed by atoms with Crippen molar-refractivity contribution >= 4 is 17.3 Å². The average Bonchev–Trinajstić information content (AvgIpc) is 2.62. The van der Waals surface area contributed by atoms with Crippen LogP contribution in [-0.2, 0) is 4.74 Å². The van der Waals surface area contributed by atoms with Gasteiger partial charge in [-0.05, 0) is 24.3 Å². The molecule has 0 aliphatic heterocycles. The summed E-state index contributed by atoms with van der Waals surface area (Å²) in [5, 5.41) is 5.92. The molecule has 2 N–H and O–H groups in total. The first-order valence-electron chi connectivity index (χ1n) is 7.40. The Morgan fingerprint density at radius 3 is 2.58 bits per heavy atom. The highest BCUT2D eigenvalue weighted by Gasteiger charge is 2.12. The summed E-state index contributed by atoms with van der Waals surface area (Å²) in [6, 6.07) is 8.62. The molecule has 7 nitrogen and oxygen atoms in total. The number of nitrogens with zero attached hydrogens (tertiary/aromatic N) is 1. The van der Waals surface area contributed by atoms with Crippen LogP contribution in [-0.4, -0.2) is 45.4 Å². The van der Waals surface area contributed by atoms with E-state index in [1.807, 2.05) is 0 Å². The lowest BCUT2D eigenvalue weighted by Gasteiger charge is -2.12. The van der Waals surface area contributed by atoms with E-state index in [1.54, 1.807) is 50.7 Å². The Hall–Kier alpha value is -2.80. The van der Waals surface area contributed by atoms with Gasteiger partial charge in [-0.2, -0.15) is 0 Å². The number of carbonyl (C=O) groups excluding carboxylic acids is 1. The van der Waals surface area contributed by atoms with Crippen molar-refractivity contribution in [3.8, 4) is 11.5 Å². The van der Waals surface area contributed by atoms with Gasteiger partial charge in [0.25, 0.3) is 5.91 Å². The molecular weight excluding hydrogens is 310 g/mol. The lowest BCUT2D eigenvalue weighted by Crippen LogP contribution is -2.15. The maximum atomic E-state index is 12.3. The van der Waals surface area contributed by atoms with Crippen LogP contribution in [0.1, 0.15) is 10.5 Å². The van der Waals surface area contributed by atoms with E-state index >= 15 is 0 Å². The first-order valence-corrected chi connectivity index (χ1v) is 7.40. The van der Waals surface area contributed by atoms with Gasteiger partial charge in [-0.3, -0.25) is 4.79 Å². The van der Waals surface area contributed by atoms with E-state index in [-0.39, 0.29) is 5.91 Å². The standard InChI is InChI=1S/C17H21N3O4/c1-22-9-8-18-12-4-6-14(19-11-12)17(21)20-15-10-13(23-2)5-7-16(15)24-3/h4-7,10-11,18H,8-9H2,1-3H3,(H,20,21). The number of rotatable bonds is 8. The van der Waals surface area contributed by atoms with Gasteiger partial charge < -0.3 is 24.8 Å². The lowest BCUT2D eigenvalue weighted by molar-refractivity contribution is 0.102. The molecule has 0 aliphatic carbocycles. The van der Waals surface area contributed by atoms with E-state index in [0.29, 0.717) is 36.0 Å². The quantitative estimate of drug-likeness (QED) is 0.723. The maximum absolute atomic E-state index is 12.3. The van der Waals surface area contributed by atoms with Crippen molar-refractivity contribution in [2.75, 3.05) is 45.1 Å². The minimum absolute atomic E-state index is 0.303. The largest absolute Gasteiger partial charge is 0.497 e. The van der Waals surface area contributed by atoms with E-state index in [9.17, 15) is 4.79 Å². The Kier molecular flexibility index (Phi) is 6.39. The summed E-state index contributed by atoms with van der Waals surface area (Å²) in [7, 11) is 4.74. The highest BCUT2D eigenvalue weighted by molar-refractivity contribution is 6.03. The molecule has 0 spiro atoms. The van der Waals surface area contributed by atoms with Crippen LogP contribution < -0.4 is 20.1 Å². The van der Waals surface area contributed by atoms with E-state index < -0.39 is 0 Å². The van der Waals surface area contributed by atoms with Gasteiger partial charge in [-0.1, -0.05) is 0 Å². The number of carbonyl (C=O) groups is 1. The molecule has 2 aromatic rings. The zero-order valence-electron chi connectivity index (χ0n) is 14.0. The number of amides is 1. The van der Waals surface area contributed by atoms with Crippen molar-refractivity contribution in [1.29, 1.82) is 0 Å². The molecule has 128 valence electrons. The van der Waals surface area contributed by atoms with Crippen molar-refractivity contribution in [2.24, 2.45) is 0 Å². The second-order valence-corrected chi connectivity index (χ2v) is 4.87. The van der Waals surface area contributed by atoms with Gasteiger partial charge in [-0.25, -0.2) is 4.98 Å². The van der Waals surface area contributed by atoms with Crippen LogP contribution >= 0.6 is 0 Å². The number of anilines is 2. The fraction of sp³-hybridized carbons (Fsp3) is 0.294. The van der Waals surface area contributed by atoms with Crippen molar-refractivity contribution in [3.05, 3.63) is 42.2 Å². The monoisotopic (exact) mass is 331 g/mol.